The minimum atomic E-state index is -4.39. The van der Waals surface area contributed by atoms with Gasteiger partial charge >= 0.3 is 6.18 Å². The van der Waals surface area contributed by atoms with Gasteiger partial charge in [0.1, 0.15) is 0 Å². The molecule has 2 atom stereocenters. The maximum Gasteiger partial charge on any atom is 0.416 e. The van der Waals surface area contributed by atoms with Crippen LogP contribution in [0.25, 0.3) is 0 Å². The monoisotopic (exact) mass is 256 g/mol. The van der Waals surface area contributed by atoms with E-state index in [1.54, 1.807) is 6.08 Å². The minimum Gasteiger partial charge on any atom is -0.388 e. The maximum atomic E-state index is 12.4. The molecular weight excluding hydrogens is 245 g/mol. The summed E-state index contributed by atoms with van der Waals surface area (Å²) in [6, 6.07) is 4.23. The molecular formula is C13H11F3O2. The normalized spacial score (nSPS) is 21.3. The van der Waals surface area contributed by atoms with Crippen molar-refractivity contribution in [1.29, 1.82) is 0 Å². The van der Waals surface area contributed by atoms with Crippen molar-refractivity contribution in [1.82, 2.24) is 0 Å². The van der Waals surface area contributed by atoms with Crippen LogP contribution in [0.2, 0.25) is 0 Å². The molecule has 5 heteroatoms. The van der Waals surface area contributed by atoms with Gasteiger partial charge in [0, 0.05) is 0 Å². The van der Waals surface area contributed by atoms with Crippen LogP contribution in [-0.2, 0) is 11.0 Å². The van der Waals surface area contributed by atoms with E-state index in [4.69, 9.17) is 0 Å². The Morgan fingerprint density at radius 1 is 1.22 bits per heavy atom. The lowest BCUT2D eigenvalue weighted by atomic mass is 9.92. The van der Waals surface area contributed by atoms with E-state index in [-0.39, 0.29) is 5.78 Å². The maximum absolute atomic E-state index is 12.4. The summed E-state index contributed by atoms with van der Waals surface area (Å²) < 4.78 is 37.1. The first-order chi connectivity index (χ1) is 8.39. The van der Waals surface area contributed by atoms with E-state index < -0.39 is 23.8 Å². The molecule has 0 saturated heterocycles. The number of alkyl halides is 3. The summed E-state index contributed by atoms with van der Waals surface area (Å²) in [5.41, 5.74) is -0.445. The number of carbonyl (C=O) groups excluding carboxylic acids is 1. The predicted octanol–water partition coefficient (Wildman–Crippen LogP) is 2.88. The second-order valence-electron chi connectivity index (χ2n) is 4.21. The van der Waals surface area contributed by atoms with Gasteiger partial charge in [0.15, 0.2) is 5.78 Å². The van der Waals surface area contributed by atoms with Gasteiger partial charge in [-0.05, 0) is 30.2 Å². The number of ketones is 1. The zero-order valence-electron chi connectivity index (χ0n) is 9.32. The smallest absolute Gasteiger partial charge is 0.388 e. The van der Waals surface area contributed by atoms with Gasteiger partial charge < -0.3 is 5.11 Å². The van der Waals surface area contributed by atoms with Crippen molar-refractivity contribution in [2.24, 2.45) is 5.92 Å². The summed E-state index contributed by atoms with van der Waals surface area (Å²) in [6.07, 6.45) is -2.00. The van der Waals surface area contributed by atoms with E-state index in [0.717, 1.165) is 12.1 Å². The second-order valence-corrected chi connectivity index (χ2v) is 4.21. The molecule has 2 rings (SSSR count). The van der Waals surface area contributed by atoms with Crippen molar-refractivity contribution in [3.05, 3.63) is 47.5 Å². The van der Waals surface area contributed by atoms with Gasteiger partial charge in [-0.25, -0.2) is 0 Å². The molecule has 0 amide bonds. The third-order valence-corrected chi connectivity index (χ3v) is 3.00. The van der Waals surface area contributed by atoms with E-state index >= 15 is 0 Å². The average Bonchev–Trinajstić information content (AvgIpc) is 2.73. The highest BCUT2D eigenvalue weighted by atomic mass is 19.4. The van der Waals surface area contributed by atoms with Crippen molar-refractivity contribution in [3.63, 3.8) is 0 Å². The molecule has 96 valence electrons. The number of allylic oxidation sites excluding steroid dienone is 2. The van der Waals surface area contributed by atoms with Gasteiger partial charge in [0.2, 0.25) is 0 Å². The first kappa shape index (κ1) is 12.8. The van der Waals surface area contributed by atoms with Crippen LogP contribution < -0.4 is 0 Å². The van der Waals surface area contributed by atoms with E-state index in [9.17, 15) is 23.1 Å². The Bertz CT molecular complexity index is 474. The third-order valence-electron chi connectivity index (χ3n) is 3.00. The molecule has 0 aromatic heterocycles. The Morgan fingerprint density at radius 2 is 1.83 bits per heavy atom. The Morgan fingerprint density at radius 3 is 2.28 bits per heavy atom. The zero-order valence-corrected chi connectivity index (χ0v) is 9.32. The third kappa shape index (κ3) is 2.46. The molecule has 1 aliphatic carbocycles. The molecule has 0 spiro atoms. The lowest BCUT2D eigenvalue weighted by Gasteiger charge is -2.17. The van der Waals surface area contributed by atoms with Gasteiger partial charge in [-0.15, -0.1) is 0 Å². The molecule has 1 aliphatic rings. The number of carbonyl (C=O) groups is 1. The van der Waals surface area contributed by atoms with Gasteiger partial charge in [0.25, 0.3) is 0 Å². The Labute approximate surface area is 102 Å². The number of benzene rings is 1. The summed E-state index contributed by atoms with van der Waals surface area (Å²) in [5, 5.41) is 9.94. The fourth-order valence-electron chi connectivity index (χ4n) is 1.96. The van der Waals surface area contributed by atoms with Gasteiger partial charge in [-0.1, -0.05) is 18.2 Å². The lowest BCUT2D eigenvalue weighted by molar-refractivity contribution is -0.137. The van der Waals surface area contributed by atoms with Gasteiger partial charge in [0.05, 0.1) is 17.6 Å². The molecule has 1 aromatic rings. The largest absolute Gasteiger partial charge is 0.416 e. The fourth-order valence-corrected chi connectivity index (χ4v) is 1.96. The zero-order chi connectivity index (χ0) is 13.3. The summed E-state index contributed by atoms with van der Waals surface area (Å²) >= 11 is 0. The van der Waals surface area contributed by atoms with Crippen molar-refractivity contribution in [3.8, 4) is 0 Å². The molecule has 2 nitrogen and oxygen atoms in total. The second kappa shape index (κ2) is 4.57. The molecule has 1 N–H and O–H groups in total. The van der Waals surface area contributed by atoms with Crippen molar-refractivity contribution in [2.75, 3.05) is 0 Å². The molecule has 0 fully saturated rings. The Hall–Kier alpha value is -1.62. The highest BCUT2D eigenvalue weighted by Crippen LogP contribution is 2.33. The van der Waals surface area contributed by atoms with E-state index in [0.29, 0.717) is 12.0 Å². The SMILES string of the molecule is O=C1C=CC[C@H]1[C@@H](O)c1ccc(C(F)(F)F)cc1. The van der Waals surface area contributed by atoms with Crippen LogP contribution in [0.5, 0.6) is 0 Å². The Balaban J connectivity index is 2.17. The van der Waals surface area contributed by atoms with E-state index in [1.807, 2.05) is 0 Å². The van der Waals surface area contributed by atoms with Crippen LogP contribution in [0.3, 0.4) is 0 Å². The van der Waals surface area contributed by atoms with Crippen LogP contribution in [0.4, 0.5) is 13.2 Å². The summed E-state index contributed by atoms with van der Waals surface area (Å²) in [7, 11) is 0. The predicted molar refractivity (Wildman–Crippen MR) is 58.7 cm³/mol. The molecule has 18 heavy (non-hydrogen) atoms. The van der Waals surface area contributed by atoms with Crippen LogP contribution in [-0.4, -0.2) is 10.9 Å². The molecule has 0 heterocycles. The summed E-state index contributed by atoms with van der Waals surface area (Å²) in [6.45, 7) is 0. The molecule has 1 aromatic carbocycles. The number of hydrogen-bond acceptors (Lipinski definition) is 2. The van der Waals surface area contributed by atoms with Crippen LogP contribution >= 0.6 is 0 Å². The van der Waals surface area contributed by atoms with Crippen molar-refractivity contribution in [2.45, 2.75) is 18.7 Å². The number of halogens is 3. The Kier molecular flexibility index (Phi) is 3.26. The fraction of sp³-hybridized carbons (Fsp3) is 0.308. The van der Waals surface area contributed by atoms with Gasteiger partial charge in [-0.3, -0.25) is 4.79 Å². The number of rotatable bonds is 2. The molecule has 0 radical (unpaired) electrons. The average molecular weight is 256 g/mol. The van der Waals surface area contributed by atoms with Crippen LogP contribution in [0, 0.1) is 5.92 Å². The number of aliphatic hydroxyl groups excluding tert-OH is 1. The van der Waals surface area contributed by atoms with Gasteiger partial charge in [-0.2, -0.15) is 13.2 Å². The highest BCUT2D eigenvalue weighted by Gasteiger charge is 2.32. The van der Waals surface area contributed by atoms with Crippen molar-refractivity contribution < 1.29 is 23.1 Å². The van der Waals surface area contributed by atoms with E-state index in [1.165, 1.54) is 18.2 Å². The van der Waals surface area contributed by atoms with Crippen LogP contribution in [0.1, 0.15) is 23.7 Å². The lowest BCUT2D eigenvalue weighted by Crippen LogP contribution is -2.17. The van der Waals surface area contributed by atoms with E-state index in [2.05, 4.69) is 0 Å². The molecule has 0 unspecified atom stereocenters. The summed E-state index contributed by atoms with van der Waals surface area (Å²) in [4.78, 5) is 11.4. The molecule has 0 saturated carbocycles. The molecule has 0 bridgehead atoms. The van der Waals surface area contributed by atoms with Crippen LogP contribution in [0.15, 0.2) is 36.4 Å². The number of hydrogen-bond donors (Lipinski definition) is 1. The van der Waals surface area contributed by atoms with Crippen molar-refractivity contribution >= 4 is 5.78 Å². The standard InChI is InChI=1S/C13H11F3O2/c14-13(15,16)9-6-4-8(5-7-9)12(18)10-2-1-3-11(10)17/h1,3-7,10,12,18H,2H2/t10-,12+/m1/s1. The topological polar surface area (TPSA) is 37.3 Å². The quantitative estimate of drug-likeness (QED) is 0.883. The summed E-state index contributed by atoms with van der Waals surface area (Å²) in [5.74, 6) is -0.774. The minimum absolute atomic E-state index is 0.192. The first-order valence-corrected chi connectivity index (χ1v) is 5.45. The first-order valence-electron chi connectivity index (χ1n) is 5.45. The highest BCUT2D eigenvalue weighted by molar-refractivity contribution is 5.94. The molecule has 0 aliphatic heterocycles. The number of aliphatic hydroxyl groups is 1.